The molecule has 1 unspecified atom stereocenters. The lowest BCUT2D eigenvalue weighted by atomic mass is 9.80. The molecule has 3 heteroatoms. The molecule has 0 saturated heterocycles. The Labute approximate surface area is 145 Å². The van der Waals surface area contributed by atoms with Gasteiger partial charge in [-0.2, -0.15) is 0 Å². The molecule has 0 heterocycles. The van der Waals surface area contributed by atoms with E-state index in [4.69, 9.17) is 4.74 Å². The first-order valence-electron chi connectivity index (χ1n) is 8.63. The number of aryl methyl sites for hydroxylation is 1. The Balaban J connectivity index is 2.28. The number of rotatable bonds is 8. The number of para-hydroxylation sites is 1. The Morgan fingerprint density at radius 1 is 1.04 bits per heavy atom. The third kappa shape index (κ3) is 4.38. The van der Waals surface area contributed by atoms with Crippen molar-refractivity contribution in [3.05, 3.63) is 66.2 Å². The van der Waals surface area contributed by atoms with Gasteiger partial charge in [-0.1, -0.05) is 62.4 Å². The molecule has 0 bridgehead atoms. The Morgan fingerprint density at radius 2 is 1.62 bits per heavy atom. The summed E-state index contributed by atoms with van der Waals surface area (Å²) in [4.78, 5) is 12.8. The van der Waals surface area contributed by atoms with Crippen LogP contribution in [0.25, 0.3) is 0 Å². The summed E-state index contributed by atoms with van der Waals surface area (Å²) < 4.78 is 5.43. The highest BCUT2D eigenvalue weighted by Crippen LogP contribution is 2.30. The third-order valence-corrected chi connectivity index (χ3v) is 4.42. The molecule has 24 heavy (non-hydrogen) atoms. The molecule has 0 fully saturated rings. The van der Waals surface area contributed by atoms with Crippen LogP contribution in [0.5, 0.6) is 0 Å². The van der Waals surface area contributed by atoms with Gasteiger partial charge in [0.1, 0.15) is 5.54 Å². The van der Waals surface area contributed by atoms with E-state index in [1.165, 1.54) is 5.56 Å². The van der Waals surface area contributed by atoms with Crippen molar-refractivity contribution in [3.63, 3.8) is 0 Å². The Kier molecular flexibility index (Phi) is 6.42. The van der Waals surface area contributed by atoms with Gasteiger partial charge < -0.3 is 10.1 Å². The van der Waals surface area contributed by atoms with E-state index in [1.807, 2.05) is 55.5 Å². The summed E-state index contributed by atoms with van der Waals surface area (Å²) in [6.45, 7) is 6.37. The maximum Gasteiger partial charge on any atom is 0.332 e. The van der Waals surface area contributed by atoms with E-state index in [2.05, 4.69) is 31.3 Å². The van der Waals surface area contributed by atoms with Gasteiger partial charge in [-0.3, -0.25) is 0 Å². The molecule has 0 aliphatic carbocycles. The number of hydrogen-bond acceptors (Lipinski definition) is 3. The van der Waals surface area contributed by atoms with E-state index in [0.717, 1.165) is 12.1 Å². The van der Waals surface area contributed by atoms with Crippen LogP contribution in [0.3, 0.4) is 0 Å². The van der Waals surface area contributed by atoms with Crippen LogP contribution in [0.2, 0.25) is 0 Å². The molecule has 0 aliphatic rings. The monoisotopic (exact) mass is 325 g/mol. The van der Waals surface area contributed by atoms with Gasteiger partial charge in [-0.25, -0.2) is 4.79 Å². The van der Waals surface area contributed by atoms with Crippen LogP contribution in [0.4, 0.5) is 5.69 Å². The van der Waals surface area contributed by atoms with Crippen molar-refractivity contribution >= 4 is 11.7 Å². The number of carbonyl (C=O) groups excluding carboxylic acids is 1. The van der Waals surface area contributed by atoms with E-state index in [1.54, 1.807) is 0 Å². The predicted octanol–water partition coefficient (Wildman–Crippen LogP) is 4.69. The van der Waals surface area contributed by atoms with Gasteiger partial charge in [-0.05, 0) is 43.4 Å². The first kappa shape index (κ1) is 18.1. The van der Waals surface area contributed by atoms with E-state index < -0.39 is 5.54 Å². The Bertz CT molecular complexity index is 625. The SMILES string of the molecule is CCOC(=O)C(CCc1ccccc1)(Nc1ccccc1)C(C)C. The van der Waals surface area contributed by atoms with Crippen LogP contribution in [0.15, 0.2) is 60.7 Å². The molecule has 0 spiro atoms. The van der Waals surface area contributed by atoms with Crippen molar-refractivity contribution < 1.29 is 9.53 Å². The second-order valence-corrected chi connectivity index (χ2v) is 6.32. The van der Waals surface area contributed by atoms with Crippen LogP contribution in [0.1, 0.15) is 32.8 Å². The van der Waals surface area contributed by atoms with Crippen molar-refractivity contribution in [2.75, 3.05) is 11.9 Å². The van der Waals surface area contributed by atoms with Gasteiger partial charge in [0.15, 0.2) is 0 Å². The van der Waals surface area contributed by atoms with Crippen molar-refractivity contribution in [2.45, 2.75) is 39.2 Å². The van der Waals surface area contributed by atoms with E-state index in [9.17, 15) is 4.79 Å². The summed E-state index contributed by atoms with van der Waals surface area (Å²) in [5, 5.41) is 3.47. The van der Waals surface area contributed by atoms with Gasteiger partial charge in [0, 0.05) is 5.69 Å². The number of anilines is 1. The number of carbonyl (C=O) groups is 1. The molecular weight excluding hydrogens is 298 g/mol. The summed E-state index contributed by atoms with van der Waals surface area (Å²) in [7, 11) is 0. The highest BCUT2D eigenvalue weighted by molar-refractivity contribution is 5.85. The topological polar surface area (TPSA) is 38.3 Å². The molecule has 3 nitrogen and oxygen atoms in total. The molecule has 2 aromatic carbocycles. The third-order valence-electron chi connectivity index (χ3n) is 4.42. The molecule has 0 aromatic heterocycles. The minimum Gasteiger partial charge on any atom is -0.464 e. The predicted molar refractivity (Wildman–Crippen MR) is 99.0 cm³/mol. The number of hydrogen-bond donors (Lipinski definition) is 1. The van der Waals surface area contributed by atoms with Crippen molar-refractivity contribution in [1.29, 1.82) is 0 Å². The lowest BCUT2D eigenvalue weighted by molar-refractivity contribution is -0.150. The molecular formula is C21H27NO2. The van der Waals surface area contributed by atoms with E-state index in [-0.39, 0.29) is 11.9 Å². The average molecular weight is 325 g/mol. The molecule has 128 valence electrons. The van der Waals surface area contributed by atoms with Crippen LogP contribution in [-0.4, -0.2) is 18.1 Å². The minimum absolute atomic E-state index is 0.0977. The lowest BCUT2D eigenvalue weighted by Crippen LogP contribution is -2.52. The fourth-order valence-electron chi connectivity index (χ4n) is 2.91. The van der Waals surface area contributed by atoms with Crippen molar-refractivity contribution in [2.24, 2.45) is 5.92 Å². The largest absolute Gasteiger partial charge is 0.464 e. The second kappa shape index (κ2) is 8.53. The van der Waals surface area contributed by atoms with Crippen molar-refractivity contribution in [3.8, 4) is 0 Å². The molecule has 1 N–H and O–H groups in total. The molecule has 2 aromatic rings. The first-order chi connectivity index (χ1) is 11.6. The molecule has 0 aliphatic heterocycles. The summed E-state index contributed by atoms with van der Waals surface area (Å²) >= 11 is 0. The normalized spacial score (nSPS) is 13.3. The minimum atomic E-state index is -0.743. The summed E-state index contributed by atoms with van der Waals surface area (Å²) in [6, 6.07) is 20.1. The van der Waals surface area contributed by atoms with Crippen LogP contribution in [0, 0.1) is 5.92 Å². The fraction of sp³-hybridized carbons (Fsp3) is 0.381. The van der Waals surface area contributed by atoms with E-state index >= 15 is 0 Å². The fourth-order valence-corrected chi connectivity index (χ4v) is 2.91. The lowest BCUT2D eigenvalue weighted by Gasteiger charge is -2.37. The molecule has 1 atom stereocenters. The molecule has 0 radical (unpaired) electrons. The van der Waals surface area contributed by atoms with Gasteiger partial charge in [0.2, 0.25) is 0 Å². The average Bonchev–Trinajstić information content (AvgIpc) is 2.60. The Hall–Kier alpha value is -2.29. The van der Waals surface area contributed by atoms with Gasteiger partial charge in [0.05, 0.1) is 6.61 Å². The first-order valence-corrected chi connectivity index (χ1v) is 8.63. The van der Waals surface area contributed by atoms with Crippen LogP contribution in [-0.2, 0) is 16.0 Å². The maximum absolute atomic E-state index is 12.8. The zero-order valence-corrected chi connectivity index (χ0v) is 14.8. The number of nitrogens with one attached hydrogen (secondary N) is 1. The zero-order valence-electron chi connectivity index (χ0n) is 14.8. The van der Waals surface area contributed by atoms with E-state index in [0.29, 0.717) is 13.0 Å². The van der Waals surface area contributed by atoms with Crippen LogP contribution >= 0.6 is 0 Å². The molecule has 0 saturated carbocycles. The smallest absolute Gasteiger partial charge is 0.332 e. The number of benzene rings is 2. The summed E-state index contributed by atoms with van der Waals surface area (Å²) in [5.41, 5.74) is 1.42. The van der Waals surface area contributed by atoms with Gasteiger partial charge in [0.25, 0.3) is 0 Å². The zero-order chi connectivity index (χ0) is 17.4. The highest BCUT2D eigenvalue weighted by atomic mass is 16.5. The standard InChI is InChI=1S/C21H27NO2/c1-4-24-20(23)21(17(2)3,22-19-13-9-6-10-14-19)16-15-18-11-7-5-8-12-18/h5-14,17,22H,4,15-16H2,1-3H3. The maximum atomic E-state index is 12.8. The summed E-state index contributed by atoms with van der Waals surface area (Å²) in [6.07, 6.45) is 1.50. The van der Waals surface area contributed by atoms with Gasteiger partial charge in [-0.15, -0.1) is 0 Å². The molecule has 2 rings (SSSR count). The Morgan fingerprint density at radius 3 is 2.17 bits per heavy atom. The molecule has 0 amide bonds. The summed E-state index contributed by atoms with van der Waals surface area (Å²) in [5.74, 6) is -0.0831. The van der Waals surface area contributed by atoms with Gasteiger partial charge >= 0.3 is 5.97 Å². The van der Waals surface area contributed by atoms with Crippen LogP contribution < -0.4 is 5.32 Å². The van der Waals surface area contributed by atoms with Crippen molar-refractivity contribution in [1.82, 2.24) is 0 Å². The highest BCUT2D eigenvalue weighted by Gasteiger charge is 2.42. The second-order valence-electron chi connectivity index (χ2n) is 6.32. The number of ether oxygens (including phenoxy) is 1. The number of esters is 1. The quantitative estimate of drug-likeness (QED) is 0.716.